The Morgan fingerprint density at radius 1 is 1.50 bits per heavy atom. The molecule has 1 N–H and O–H groups in total. The molecule has 1 rings (SSSR count). The second kappa shape index (κ2) is 2.28. The van der Waals surface area contributed by atoms with Gasteiger partial charge in [0.15, 0.2) is 0 Å². The molecule has 0 unspecified atom stereocenters. The van der Waals surface area contributed by atoms with Gasteiger partial charge in [-0.05, 0) is 32.6 Å². The summed E-state index contributed by atoms with van der Waals surface area (Å²) in [5, 5.41) is 3.42. The van der Waals surface area contributed by atoms with E-state index in [1.165, 1.54) is 18.7 Å². The van der Waals surface area contributed by atoms with Gasteiger partial charge in [-0.15, -0.1) is 11.8 Å². The van der Waals surface area contributed by atoms with Gasteiger partial charge in [0.25, 0.3) is 0 Å². The molecule has 0 spiro atoms. The van der Waals surface area contributed by atoms with E-state index >= 15 is 0 Å². The van der Waals surface area contributed by atoms with E-state index in [4.69, 9.17) is 0 Å². The maximum absolute atomic E-state index is 3.42. The molecule has 1 aliphatic heterocycles. The molecule has 0 aromatic heterocycles. The number of thioether (sulfide) groups is 1. The van der Waals surface area contributed by atoms with Gasteiger partial charge in [-0.3, -0.25) is 0 Å². The van der Waals surface area contributed by atoms with Crippen LogP contribution in [0.5, 0.6) is 0 Å². The largest absolute Gasteiger partial charge is 0.303 e. The predicted molar refractivity (Wildman–Crippen MR) is 39.2 cm³/mol. The average Bonchev–Trinajstić information content (AvgIpc) is 1.65. The molecule has 48 valence electrons. The van der Waals surface area contributed by atoms with Gasteiger partial charge in [-0.25, -0.2) is 0 Å². The smallest absolute Gasteiger partial charge is 0.0588 e. The van der Waals surface area contributed by atoms with Crippen molar-refractivity contribution in [3.05, 3.63) is 0 Å². The van der Waals surface area contributed by atoms with Crippen LogP contribution in [0.2, 0.25) is 0 Å². The first-order valence-corrected chi connectivity index (χ1v) is 4.08. The van der Waals surface area contributed by atoms with Crippen molar-refractivity contribution in [2.45, 2.75) is 25.1 Å². The van der Waals surface area contributed by atoms with E-state index in [2.05, 4.69) is 19.2 Å². The average molecular weight is 131 g/mol. The van der Waals surface area contributed by atoms with Crippen LogP contribution < -0.4 is 5.32 Å². The van der Waals surface area contributed by atoms with E-state index in [-0.39, 0.29) is 0 Å². The van der Waals surface area contributed by atoms with Crippen LogP contribution in [0.15, 0.2) is 0 Å². The summed E-state index contributed by atoms with van der Waals surface area (Å²) in [7, 11) is 0. The van der Waals surface area contributed by atoms with E-state index in [0.717, 1.165) is 0 Å². The lowest BCUT2D eigenvalue weighted by molar-refractivity contribution is 0.523. The Hall–Kier alpha value is 0.310. The summed E-state index contributed by atoms with van der Waals surface area (Å²) < 4.78 is 0. The van der Waals surface area contributed by atoms with Crippen molar-refractivity contribution in [2.24, 2.45) is 0 Å². The highest BCUT2D eigenvalue weighted by atomic mass is 32.2. The van der Waals surface area contributed by atoms with Crippen molar-refractivity contribution < 1.29 is 0 Å². The zero-order chi connectivity index (χ0) is 6.04. The number of nitrogens with one attached hydrogen (secondary N) is 1. The Morgan fingerprint density at radius 2 is 2.25 bits per heavy atom. The van der Waals surface area contributed by atoms with E-state index in [1.807, 2.05) is 11.8 Å². The van der Waals surface area contributed by atoms with Gasteiger partial charge in [0, 0.05) is 0 Å². The Morgan fingerprint density at radius 3 is 2.50 bits per heavy atom. The Bertz CT molecular complexity index is 72.6. The highest BCUT2D eigenvalue weighted by Gasteiger charge is 2.19. The number of rotatable bonds is 0. The maximum Gasteiger partial charge on any atom is 0.0588 e. The van der Waals surface area contributed by atoms with Crippen LogP contribution in [0, 0.1) is 0 Å². The fourth-order valence-electron chi connectivity index (χ4n) is 0.840. The monoisotopic (exact) mass is 131 g/mol. The minimum absolute atomic E-state index is 0.345. The van der Waals surface area contributed by atoms with Crippen LogP contribution in [0.1, 0.15) is 20.3 Å². The Kier molecular flexibility index (Phi) is 1.83. The van der Waals surface area contributed by atoms with Crippen LogP contribution in [0.3, 0.4) is 0 Å². The summed E-state index contributed by atoms with van der Waals surface area (Å²) in [6, 6.07) is 0. The van der Waals surface area contributed by atoms with Crippen molar-refractivity contribution in [3.63, 3.8) is 0 Å². The molecule has 0 atom stereocenters. The summed E-state index contributed by atoms with van der Waals surface area (Å²) in [6.45, 7) is 5.66. The molecule has 1 heterocycles. The molecule has 0 radical (unpaired) electrons. The molecule has 0 aromatic rings. The zero-order valence-electron chi connectivity index (χ0n) is 5.53. The number of hydrogen-bond acceptors (Lipinski definition) is 2. The third kappa shape index (κ3) is 1.67. The van der Waals surface area contributed by atoms with Crippen LogP contribution in [0.25, 0.3) is 0 Å². The summed E-state index contributed by atoms with van der Waals surface area (Å²) in [5.41, 5.74) is 0. The molecule has 0 saturated carbocycles. The molecule has 8 heavy (non-hydrogen) atoms. The second-order valence-corrected chi connectivity index (χ2v) is 4.36. The normalized spacial score (nSPS) is 27.8. The first-order valence-electron chi connectivity index (χ1n) is 3.10. The highest BCUT2D eigenvalue weighted by Crippen LogP contribution is 2.24. The first kappa shape index (κ1) is 6.43. The van der Waals surface area contributed by atoms with Crippen LogP contribution in [0.4, 0.5) is 0 Å². The lowest BCUT2D eigenvalue weighted by Gasteiger charge is -2.29. The maximum atomic E-state index is 3.42. The quantitative estimate of drug-likeness (QED) is 0.534. The molecule has 2 heteroatoms. The molecule has 0 aromatic carbocycles. The first-order chi connectivity index (χ1) is 3.71. The molecule has 1 fully saturated rings. The van der Waals surface area contributed by atoms with Crippen molar-refractivity contribution in [2.75, 3.05) is 12.3 Å². The van der Waals surface area contributed by atoms with E-state index < -0.39 is 0 Å². The van der Waals surface area contributed by atoms with Crippen LogP contribution in [-0.4, -0.2) is 17.2 Å². The molecular formula is C6H13NS. The molecule has 1 saturated heterocycles. The SMILES string of the molecule is CC1(C)NCCCS1. The molecule has 0 bridgehead atoms. The molecule has 0 amide bonds. The molecule has 1 nitrogen and oxygen atoms in total. The zero-order valence-corrected chi connectivity index (χ0v) is 6.35. The van der Waals surface area contributed by atoms with Crippen molar-refractivity contribution in [1.29, 1.82) is 0 Å². The van der Waals surface area contributed by atoms with Crippen molar-refractivity contribution >= 4 is 11.8 Å². The standard InChI is InChI=1S/C6H13NS/c1-6(2)7-4-3-5-8-6/h7H,3-5H2,1-2H3. The summed E-state index contributed by atoms with van der Waals surface area (Å²) in [5.74, 6) is 1.32. The van der Waals surface area contributed by atoms with Crippen LogP contribution in [-0.2, 0) is 0 Å². The highest BCUT2D eigenvalue weighted by molar-refractivity contribution is 8.00. The summed E-state index contributed by atoms with van der Waals surface area (Å²) >= 11 is 2.01. The van der Waals surface area contributed by atoms with Crippen LogP contribution >= 0.6 is 11.8 Å². The lowest BCUT2D eigenvalue weighted by atomic mass is 10.3. The van der Waals surface area contributed by atoms with Gasteiger partial charge in [0.2, 0.25) is 0 Å². The molecule has 1 aliphatic rings. The minimum Gasteiger partial charge on any atom is -0.303 e. The summed E-state index contributed by atoms with van der Waals surface area (Å²) in [6.07, 6.45) is 1.33. The van der Waals surface area contributed by atoms with Gasteiger partial charge >= 0.3 is 0 Å². The number of hydrogen-bond donors (Lipinski definition) is 1. The Labute approximate surface area is 55.2 Å². The summed E-state index contributed by atoms with van der Waals surface area (Å²) in [4.78, 5) is 0.345. The second-order valence-electron chi connectivity index (χ2n) is 2.64. The van der Waals surface area contributed by atoms with E-state index in [1.54, 1.807) is 0 Å². The lowest BCUT2D eigenvalue weighted by Crippen LogP contribution is -2.40. The van der Waals surface area contributed by atoms with Gasteiger partial charge in [-0.1, -0.05) is 0 Å². The Balaban J connectivity index is 2.33. The van der Waals surface area contributed by atoms with E-state index in [9.17, 15) is 0 Å². The predicted octanol–water partition coefficient (Wildman–Crippen LogP) is 1.45. The van der Waals surface area contributed by atoms with Crippen molar-refractivity contribution in [1.82, 2.24) is 5.32 Å². The van der Waals surface area contributed by atoms with Crippen molar-refractivity contribution in [3.8, 4) is 0 Å². The van der Waals surface area contributed by atoms with E-state index in [0.29, 0.717) is 4.87 Å². The topological polar surface area (TPSA) is 12.0 Å². The third-order valence-corrected chi connectivity index (χ3v) is 2.69. The third-order valence-electron chi connectivity index (χ3n) is 1.33. The van der Waals surface area contributed by atoms with Gasteiger partial charge in [0.05, 0.1) is 4.87 Å². The minimum atomic E-state index is 0.345. The van der Waals surface area contributed by atoms with Gasteiger partial charge in [0.1, 0.15) is 0 Å². The van der Waals surface area contributed by atoms with Gasteiger partial charge in [-0.2, -0.15) is 0 Å². The van der Waals surface area contributed by atoms with Gasteiger partial charge < -0.3 is 5.32 Å². The fraction of sp³-hybridized carbons (Fsp3) is 1.00. The molecule has 0 aliphatic carbocycles. The fourth-order valence-corrected chi connectivity index (χ4v) is 1.84. The molecular weight excluding hydrogens is 118 g/mol.